The van der Waals surface area contributed by atoms with Gasteiger partial charge in [-0.05, 0) is 48.0 Å². The molecule has 0 amide bonds. The second kappa shape index (κ2) is 5.46. The normalized spacial score (nSPS) is 16.7. The lowest BCUT2D eigenvalue weighted by molar-refractivity contribution is -0.868. The maximum absolute atomic E-state index is 10.8. The van der Waals surface area contributed by atoms with Gasteiger partial charge in [0, 0.05) is 0 Å². The molecule has 0 saturated carbocycles. The van der Waals surface area contributed by atoms with Crippen LogP contribution in [0.1, 0.15) is 15.9 Å². The summed E-state index contributed by atoms with van der Waals surface area (Å²) in [6, 6.07) is 12.4. The van der Waals surface area contributed by atoms with Gasteiger partial charge in [-0.15, -0.1) is 0 Å². The number of fused-ring (bicyclic) bond motifs is 1. The number of benzene rings is 2. The van der Waals surface area contributed by atoms with Crippen molar-refractivity contribution in [2.45, 2.75) is 6.54 Å². The molecule has 1 aliphatic rings. The number of quaternary nitrogens is 1. The van der Waals surface area contributed by atoms with Crippen LogP contribution in [0, 0.1) is 0 Å². The summed E-state index contributed by atoms with van der Waals surface area (Å²) in [5.41, 5.74) is 2.23. The summed E-state index contributed by atoms with van der Waals surface area (Å²) in [6.45, 7) is 1.27. The highest BCUT2D eigenvalue weighted by Crippen LogP contribution is 2.25. The fourth-order valence-corrected chi connectivity index (χ4v) is 2.43. The lowest BCUT2D eigenvalue weighted by atomic mass is 10.1. The number of hydrogen-bond acceptors (Lipinski definition) is 4. The lowest BCUT2D eigenvalue weighted by Gasteiger charge is -2.26. The Hall–Kier alpha value is -2.53. The molecule has 0 saturated heterocycles. The maximum Gasteiger partial charge on any atom is 0.227 e. The second-order valence-electron chi connectivity index (χ2n) is 4.91. The van der Waals surface area contributed by atoms with Gasteiger partial charge in [-0.1, -0.05) is 0 Å². The number of hydrogen-bond donors (Lipinski definition) is 1. The summed E-state index contributed by atoms with van der Waals surface area (Å²) in [7, 11) is 1.63. The Labute approximate surface area is 122 Å². The van der Waals surface area contributed by atoms with E-state index in [2.05, 4.69) is 0 Å². The monoisotopic (exact) mass is 285 g/mol. The van der Waals surface area contributed by atoms with Crippen LogP contribution in [0.3, 0.4) is 0 Å². The highest BCUT2D eigenvalue weighted by molar-refractivity contribution is 5.85. The van der Waals surface area contributed by atoms with Gasteiger partial charge in [0.2, 0.25) is 6.73 Å². The van der Waals surface area contributed by atoms with Crippen molar-refractivity contribution in [3.8, 4) is 11.5 Å². The van der Waals surface area contributed by atoms with Gasteiger partial charge >= 0.3 is 0 Å². The summed E-state index contributed by atoms with van der Waals surface area (Å²) in [6.07, 6.45) is 0. The third-order valence-electron chi connectivity index (χ3n) is 3.60. The number of ether oxygens (including phenoxy) is 2. The van der Waals surface area contributed by atoms with Crippen LogP contribution in [0.25, 0.3) is 0 Å². The number of aromatic carboxylic acids is 1. The van der Waals surface area contributed by atoms with Crippen molar-refractivity contribution in [3.63, 3.8) is 0 Å². The molecule has 0 aromatic heterocycles. The molecule has 1 atom stereocenters. The van der Waals surface area contributed by atoms with Crippen LogP contribution < -0.4 is 19.5 Å². The van der Waals surface area contributed by atoms with Crippen LogP contribution in [0.2, 0.25) is 0 Å². The van der Waals surface area contributed by atoms with E-state index in [1.165, 1.54) is 0 Å². The highest BCUT2D eigenvalue weighted by Gasteiger charge is 2.22. The van der Waals surface area contributed by atoms with Gasteiger partial charge in [0.25, 0.3) is 0 Å². The van der Waals surface area contributed by atoms with Gasteiger partial charge in [0.1, 0.15) is 23.7 Å². The number of carboxylic acids is 1. The first-order chi connectivity index (χ1) is 10.2. The van der Waals surface area contributed by atoms with Crippen LogP contribution in [0.15, 0.2) is 42.5 Å². The fourth-order valence-electron chi connectivity index (χ4n) is 2.43. The summed E-state index contributed by atoms with van der Waals surface area (Å²) in [5.74, 6) is 0.498. The van der Waals surface area contributed by atoms with Crippen LogP contribution in [-0.2, 0) is 6.54 Å². The number of nitrogens with one attached hydrogen (secondary N) is 1. The summed E-state index contributed by atoms with van der Waals surface area (Å²) in [4.78, 5) is 11.9. The van der Waals surface area contributed by atoms with Gasteiger partial charge in [-0.3, -0.25) is 4.90 Å². The van der Waals surface area contributed by atoms with E-state index in [0.29, 0.717) is 6.73 Å². The molecular weight excluding hydrogens is 270 g/mol. The molecule has 1 aliphatic heterocycles. The SMILES string of the molecule is COc1ccc2c(c1)C[NH+](c1ccc(C(=O)[O-])cc1)CO2. The molecular formula is C16H15NO4. The minimum Gasteiger partial charge on any atom is -0.545 e. The van der Waals surface area contributed by atoms with Crippen molar-refractivity contribution >= 4 is 11.7 Å². The van der Waals surface area contributed by atoms with E-state index in [9.17, 15) is 9.90 Å². The van der Waals surface area contributed by atoms with Crippen molar-refractivity contribution in [2.75, 3.05) is 13.8 Å². The molecule has 5 nitrogen and oxygen atoms in total. The van der Waals surface area contributed by atoms with Crippen molar-refractivity contribution in [3.05, 3.63) is 53.6 Å². The molecule has 2 aromatic rings. The minimum atomic E-state index is -1.17. The third kappa shape index (κ3) is 2.68. The first-order valence-corrected chi connectivity index (χ1v) is 6.63. The predicted molar refractivity (Wildman–Crippen MR) is 73.6 cm³/mol. The van der Waals surface area contributed by atoms with Gasteiger partial charge in [0.05, 0.1) is 18.6 Å². The number of carboxylic acid groups (broad SMARTS) is 1. The minimum absolute atomic E-state index is 0.179. The zero-order chi connectivity index (χ0) is 14.8. The number of carbonyl (C=O) groups is 1. The van der Waals surface area contributed by atoms with E-state index < -0.39 is 5.97 Å². The molecule has 21 heavy (non-hydrogen) atoms. The number of rotatable bonds is 3. The van der Waals surface area contributed by atoms with E-state index in [1.54, 1.807) is 31.4 Å². The van der Waals surface area contributed by atoms with Crippen molar-refractivity contribution < 1.29 is 24.3 Å². The van der Waals surface area contributed by atoms with Gasteiger partial charge in [-0.25, -0.2) is 0 Å². The molecule has 2 aromatic carbocycles. The zero-order valence-corrected chi connectivity index (χ0v) is 11.6. The molecule has 0 aliphatic carbocycles. The van der Waals surface area contributed by atoms with Gasteiger partial charge < -0.3 is 19.4 Å². The average Bonchev–Trinajstić information content (AvgIpc) is 2.53. The standard InChI is InChI=1S/C16H15NO4/c1-20-14-6-7-15-12(8-14)9-17(10-21-15)13-4-2-11(3-5-13)16(18)19/h2-8H,9-10H2,1H3,(H,18,19). The molecule has 108 valence electrons. The quantitative estimate of drug-likeness (QED) is 0.870. The first-order valence-electron chi connectivity index (χ1n) is 6.63. The smallest absolute Gasteiger partial charge is 0.227 e. The lowest BCUT2D eigenvalue weighted by Crippen LogP contribution is -3.07. The van der Waals surface area contributed by atoms with Crippen molar-refractivity contribution in [1.82, 2.24) is 0 Å². The number of carbonyl (C=O) groups excluding carboxylic acids is 1. The Kier molecular flexibility index (Phi) is 3.50. The summed E-state index contributed by atoms with van der Waals surface area (Å²) < 4.78 is 11.0. The van der Waals surface area contributed by atoms with Gasteiger partial charge in [-0.2, -0.15) is 0 Å². The van der Waals surface area contributed by atoms with Crippen molar-refractivity contribution in [2.24, 2.45) is 0 Å². The van der Waals surface area contributed by atoms with E-state index in [0.717, 1.165) is 34.2 Å². The molecule has 5 heteroatoms. The van der Waals surface area contributed by atoms with E-state index in [4.69, 9.17) is 9.47 Å². The topological polar surface area (TPSA) is 63.0 Å². The average molecular weight is 285 g/mol. The van der Waals surface area contributed by atoms with Crippen LogP contribution >= 0.6 is 0 Å². The van der Waals surface area contributed by atoms with Crippen LogP contribution in [0.5, 0.6) is 11.5 Å². The van der Waals surface area contributed by atoms with Crippen LogP contribution in [-0.4, -0.2) is 19.8 Å². The predicted octanol–water partition coefficient (Wildman–Crippen LogP) is 0.125. The largest absolute Gasteiger partial charge is 0.545 e. The molecule has 3 rings (SSSR count). The fraction of sp³-hybridized carbons (Fsp3) is 0.188. The Morgan fingerprint density at radius 1 is 1.24 bits per heavy atom. The Morgan fingerprint density at radius 3 is 2.67 bits per heavy atom. The Morgan fingerprint density at radius 2 is 2.00 bits per heavy atom. The van der Waals surface area contributed by atoms with Gasteiger partial charge in [0.15, 0.2) is 0 Å². The Bertz CT molecular complexity index is 666. The van der Waals surface area contributed by atoms with Crippen LogP contribution in [0.4, 0.5) is 5.69 Å². The van der Waals surface area contributed by atoms with Crippen molar-refractivity contribution in [1.29, 1.82) is 0 Å². The van der Waals surface area contributed by atoms with E-state index in [1.807, 2.05) is 18.2 Å². The summed E-state index contributed by atoms with van der Waals surface area (Å²) >= 11 is 0. The molecule has 0 spiro atoms. The highest BCUT2D eigenvalue weighted by atomic mass is 16.5. The maximum atomic E-state index is 10.8. The van der Waals surface area contributed by atoms with E-state index >= 15 is 0 Å². The van der Waals surface area contributed by atoms with E-state index in [-0.39, 0.29) is 5.56 Å². The first kappa shape index (κ1) is 13.5. The zero-order valence-electron chi connectivity index (χ0n) is 11.6. The Balaban J connectivity index is 1.83. The molecule has 0 radical (unpaired) electrons. The molecule has 1 N–H and O–H groups in total. The molecule has 1 unspecified atom stereocenters. The number of methoxy groups -OCH3 is 1. The molecule has 0 fully saturated rings. The molecule has 0 bridgehead atoms. The second-order valence-corrected chi connectivity index (χ2v) is 4.91. The third-order valence-corrected chi connectivity index (χ3v) is 3.60. The molecule has 1 heterocycles. The summed E-state index contributed by atoms with van der Waals surface area (Å²) in [5, 5.41) is 10.8.